The average molecular weight is 283 g/mol. The van der Waals surface area contributed by atoms with Crippen LogP contribution >= 0.6 is 0 Å². The Morgan fingerprint density at radius 1 is 1.05 bits per heavy atom. The van der Waals surface area contributed by atoms with E-state index in [1.54, 1.807) is 0 Å². The molecule has 3 heteroatoms. The maximum Gasteiger partial charge on any atom is 0.131 e. The first-order valence-corrected chi connectivity index (χ1v) is 7.37. The topological polar surface area (TPSA) is 41.5 Å². The van der Waals surface area contributed by atoms with E-state index in [2.05, 4.69) is 24.4 Å². The molecule has 0 aromatic heterocycles. The highest BCUT2D eigenvalue weighted by Gasteiger charge is 2.31. The summed E-state index contributed by atoms with van der Waals surface area (Å²) in [7, 11) is 1.94. The number of rotatable bonds is 3. The third-order valence-corrected chi connectivity index (χ3v) is 4.21. The van der Waals surface area contributed by atoms with Crippen LogP contribution in [0.25, 0.3) is 0 Å². The quantitative estimate of drug-likeness (QED) is 0.909. The number of aliphatic hydroxyl groups is 1. The third-order valence-electron chi connectivity index (χ3n) is 4.21. The number of para-hydroxylation sites is 1. The minimum atomic E-state index is 0.0380. The number of hydrogen-bond acceptors (Lipinski definition) is 3. The third kappa shape index (κ3) is 2.55. The fourth-order valence-corrected chi connectivity index (χ4v) is 3.18. The van der Waals surface area contributed by atoms with Gasteiger partial charge in [0.05, 0.1) is 6.61 Å². The highest BCUT2D eigenvalue weighted by atomic mass is 16.5. The van der Waals surface area contributed by atoms with Gasteiger partial charge < -0.3 is 15.2 Å². The van der Waals surface area contributed by atoms with E-state index >= 15 is 0 Å². The number of benzene rings is 2. The summed E-state index contributed by atoms with van der Waals surface area (Å²) in [5, 5.41) is 13.2. The summed E-state index contributed by atoms with van der Waals surface area (Å²) in [6.07, 6.45) is 0. The van der Waals surface area contributed by atoms with Crippen molar-refractivity contribution in [2.24, 2.45) is 0 Å². The lowest BCUT2D eigenvalue weighted by Gasteiger charge is -2.25. The van der Waals surface area contributed by atoms with Gasteiger partial charge >= 0.3 is 0 Å². The molecule has 0 saturated heterocycles. The van der Waals surface area contributed by atoms with E-state index in [1.807, 2.05) is 37.4 Å². The average Bonchev–Trinajstić information content (AvgIpc) is 2.62. The van der Waals surface area contributed by atoms with Crippen LogP contribution in [-0.2, 0) is 0 Å². The van der Waals surface area contributed by atoms with E-state index in [4.69, 9.17) is 4.74 Å². The summed E-state index contributed by atoms with van der Waals surface area (Å²) < 4.78 is 6.13. The van der Waals surface area contributed by atoms with Gasteiger partial charge in [0.1, 0.15) is 11.5 Å². The van der Waals surface area contributed by atoms with E-state index in [0.717, 1.165) is 29.2 Å². The van der Waals surface area contributed by atoms with Crippen molar-refractivity contribution in [3.05, 3.63) is 59.2 Å². The van der Waals surface area contributed by atoms with Crippen LogP contribution in [0.4, 0.5) is 0 Å². The molecule has 3 nitrogen and oxygen atoms in total. The molecule has 110 valence electrons. The first-order valence-electron chi connectivity index (χ1n) is 7.37. The summed E-state index contributed by atoms with van der Waals surface area (Å²) in [4.78, 5) is 0. The molecule has 0 spiro atoms. The van der Waals surface area contributed by atoms with Gasteiger partial charge in [-0.3, -0.25) is 0 Å². The first kappa shape index (κ1) is 14.1. The molecular formula is C18H21NO2. The molecule has 0 unspecified atom stereocenters. The molecular weight excluding hydrogens is 262 g/mol. The Bertz CT molecular complexity index is 639. The number of likely N-dealkylation sites (N-methyl/N-ethyl adjacent to an activating group) is 1. The number of nitrogens with one attached hydrogen (secondary N) is 1. The van der Waals surface area contributed by atoms with Crippen molar-refractivity contribution in [3.8, 4) is 11.5 Å². The lowest BCUT2D eigenvalue weighted by atomic mass is 9.81. The molecule has 0 fully saturated rings. The van der Waals surface area contributed by atoms with Crippen molar-refractivity contribution in [2.75, 3.05) is 20.2 Å². The van der Waals surface area contributed by atoms with Crippen molar-refractivity contribution >= 4 is 0 Å². The van der Waals surface area contributed by atoms with E-state index in [1.165, 1.54) is 5.56 Å². The number of aliphatic hydroxyl groups excluding tert-OH is 1. The summed E-state index contributed by atoms with van der Waals surface area (Å²) >= 11 is 0. The van der Waals surface area contributed by atoms with Crippen molar-refractivity contribution in [3.63, 3.8) is 0 Å². The number of aryl methyl sites for hydroxylation is 1. The molecule has 0 amide bonds. The zero-order valence-corrected chi connectivity index (χ0v) is 12.5. The summed E-state index contributed by atoms with van der Waals surface area (Å²) in [6.45, 7) is 2.99. The Balaban J connectivity index is 2.19. The van der Waals surface area contributed by atoms with E-state index < -0.39 is 0 Å². The molecule has 2 N–H and O–H groups in total. The maximum absolute atomic E-state index is 9.99. The zero-order chi connectivity index (χ0) is 14.8. The second kappa shape index (κ2) is 5.88. The van der Waals surface area contributed by atoms with Crippen LogP contribution in [0.1, 0.15) is 28.5 Å². The SMILES string of the molecule is CNC[C@H]1c2ccccc2Oc2ccc(C)cc2[C@@H]1CO. The summed E-state index contributed by atoms with van der Waals surface area (Å²) in [6, 6.07) is 14.3. The van der Waals surface area contributed by atoms with Crippen LogP contribution in [0.5, 0.6) is 11.5 Å². The molecule has 0 saturated carbocycles. The normalized spacial score (nSPS) is 20.1. The molecule has 0 aliphatic carbocycles. The van der Waals surface area contributed by atoms with Crippen LogP contribution in [0, 0.1) is 6.92 Å². The number of ether oxygens (including phenoxy) is 1. The Morgan fingerprint density at radius 3 is 2.57 bits per heavy atom. The minimum Gasteiger partial charge on any atom is -0.457 e. The van der Waals surface area contributed by atoms with Crippen molar-refractivity contribution in [1.82, 2.24) is 5.32 Å². The van der Waals surface area contributed by atoms with Crippen LogP contribution in [0.15, 0.2) is 42.5 Å². The van der Waals surface area contributed by atoms with Crippen molar-refractivity contribution < 1.29 is 9.84 Å². The largest absolute Gasteiger partial charge is 0.457 e. The molecule has 1 aliphatic rings. The monoisotopic (exact) mass is 283 g/mol. The van der Waals surface area contributed by atoms with Crippen LogP contribution in [-0.4, -0.2) is 25.3 Å². The standard InChI is InChI=1S/C18H21NO2/c1-12-7-8-18-14(9-12)16(11-20)15(10-19-2)13-5-3-4-6-17(13)21-18/h3-9,15-16,19-20H,10-11H2,1-2H3/t15-,16-/m0/s1. The van der Waals surface area contributed by atoms with Crippen molar-refractivity contribution in [2.45, 2.75) is 18.8 Å². The van der Waals surface area contributed by atoms with Crippen LogP contribution in [0.3, 0.4) is 0 Å². The van der Waals surface area contributed by atoms with Crippen LogP contribution in [0.2, 0.25) is 0 Å². The Morgan fingerprint density at radius 2 is 1.81 bits per heavy atom. The molecule has 3 rings (SSSR count). The molecule has 21 heavy (non-hydrogen) atoms. The van der Waals surface area contributed by atoms with Gasteiger partial charge in [0.15, 0.2) is 0 Å². The summed E-state index contributed by atoms with van der Waals surface area (Å²) in [5.41, 5.74) is 3.43. The molecule has 2 atom stereocenters. The van der Waals surface area contributed by atoms with Gasteiger partial charge in [0, 0.05) is 23.9 Å². The molecule has 0 bridgehead atoms. The summed E-state index contributed by atoms with van der Waals surface area (Å²) in [5.74, 6) is 1.97. The van der Waals surface area contributed by atoms with E-state index in [-0.39, 0.29) is 18.4 Å². The molecule has 2 aromatic carbocycles. The van der Waals surface area contributed by atoms with Gasteiger partial charge in [0.2, 0.25) is 0 Å². The second-order valence-electron chi connectivity index (χ2n) is 5.63. The van der Waals surface area contributed by atoms with E-state index in [0.29, 0.717) is 0 Å². The number of hydrogen-bond donors (Lipinski definition) is 2. The lowest BCUT2D eigenvalue weighted by molar-refractivity contribution is 0.246. The second-order valence-corrected chi connectivity index (χ2v) is 5.63. The van der Waals surface area contributed by atoms with Gasteiger partial charge in [-0.2, -0.15) is 0 Å². The Kier molecular flexibility index (Phi) is 3.95. The minimum absolute atomic E-state index is 0.0380. The molecule has 0 radical (unpaired) electrons. The molecule has 2 aromatic rings. The van der Waals surface area contributed by atoms with Gasteiger partial charge in [-0.1, -0.05) is 35.9 Å². The van der Waals surface area contributed by atoms with Gasteiger partial charge in [0.25, 0.3) is 0 Å². The van der Waals surface area contributed by atoms with Crippen LogP contribution < -0.4 is 10.1 Å². The molecule has 1 heterocycles. The van der Waals surface area contributed by atoms with Gasteiger partial charge in [-0.25, -0.2) is 0 Å². The Hall–Kier alpha value is -1.84. The van der Waals surface area contributed by atoms with Crippen molar-refractivity contribution in [1.29, 1.82) is 0 Å². The van der Waals surface area contributed by atoms with Gasteiger partial charge in [-0.15, -0.1) is 0 Å². The molecule has 1 aliphatic heterocycles. The van der Waals surface area contributed by atoms with E-state index in [9.17, 15) is 5.11 Å². The zero-order valence-electron chi connectivity index (χ0n) is 12.5. The maximum atomic E-state index is 9.99. The highest BCUT2D eigenvalue weighted by molar-refractivity contribution is 5.50. The highest BCUT2D eigenvalue weighted by Crippen LogP contribution is 2.45. The Labute approximate surface area is 125 Å². The van der Waals surface area contributed by atoms with Gasteiger partial charge in [-0.05, 0) is 31.7 Å². The predicted octanol–water partition coefficient (Wildman–Crippen LogP) is 3.18. The predicted molar refractivity (Wildman–Crippen MR) is 84.2 cm³/mol. The fourth-order valence-electron chi connectivity index (χ4n) is 3.18. The fraction of sp³-hybridized carbons (Fsp3) is 0.333. The smallest absolute Gasteiger partial charge is 0.131 e. The lowest BCUT2D eigenvalue weighted by Crippen LogP contribution is -2.24. The number of fused-ring (bicyclic) bond motifs is 2. The first-order chi connectivity index (χ1) is 10.2.